The van der Waals surface area contributed by atoms with Gasteiger partial charge in [-0.25, -0.2) is 0 Å². The third-order valence-electron chi connectivity index (χ3n) is 9.37. The number of benzene rings is 2. The van der Waals surface area contributed by atoms with E-state index in [4.69, 9.17) is 9.52 Å². The summed E-state index contributed by atoms with van der Waals surface area (Å²) in [6.07, 6.45) is -2.62. The molecule has 1 amide bonds. The van der Waals surface area contributed by atoms with E-state index in [9.17, 15) is 18.0 Å². The monoisotopic (exact) mass is 647 g/mol. The largest absolute Gasteiger partial charge is 0.433 e. The van der Waals surface area contributed by atoms with E-state index >= 15 is 0 Å². The van der Waals surface area contributed by atoms with Crippen molar-refractivity contribution < 1.29 is 22.4 Å². The predicted molar refractivity (Wildman–Crippen MR) is 174 cm³/mol. The smallest absolute Gasteiger partial charge is 0.405 e. The lowest BCUT2D eigenvalue weighted by Crippen LogP contribution is -2.67. The van der Waals surface area contributed by atoms with Gasteiger partial charge in [0.25, 0.3) is 14.2 Å². The Balaban J connectivity index is 1.41. The number of rotatable bonds is 7. The van der Waals surface area contributed by atoms with Crippen LogP contribution in [0.3, 0.4) is 0 Å². The molecule has 0 unspecified atom stereocenters. The van der Waals surface area contributed by atoms with E-state index in [1.807, 2.05) is 48.0 Å². The Hall–Kier alpha value is -3.80. The highest BCUT2D eigenvalue weighted by Gasteiger charge is 2.51. The first-order valence-corrected chi connectivity index (χ1v) is 17.6. The van der Waals surface area contributed by atoms with Crippen LogP contribution in [0.15, 0.2) is 79.0 Å². The van der Waals surface area contributed by atoms with E-state index in [1.54, 1.807) is 4.90 Å². The number of aromatic nitrogens is 3. The number of fused-ring (bicyclic) bond motifs is 3. The molecule has 0 saturated carbocycles. The number of hydrogen-bond acceptors (Lipinski definition) is 5. The highest BCUT2D eigenvalue weighted by atomic mass is 28.4. The van der Waals surface area contributed by atoms with Gasteiger partial charge in [-0.15, -0.1) is 0 Å². The minimum atomic E-state index is -4.54. The highest BCUT2D eigenvalue weighted by Crippen LogP contribution is 2.39. The van der Waals surface area contributed by atoms with Crippen molar-refractivity contribution in [3.63, 3.8) is 0 Å². The fourth-order valence-electron chi connectivity index (χ4n) is 6.96. The normalized spacial score (nSPS) is 19.5. The SMILES string of the molecule is C[C@@H]1Cc2nn3c(c2CN1)C(=O)N([C@@H](C)c1ccc(C(F)(F)F)nc1)C[C@H]3CO[Si](c1ccccc1)(c1ccccc1)C(C)(C)C. The molecule has 4 heterocycles. The summed E-state index contributed by atoms with van der Waals surface area (Å²) in [6, 6.07) is 22.5. The van der Waals surface area contributed by atoms with Gasteiger partial charge in [0.15, 0.2) is 0 Å². The van der Waals surface area contributed by atoms with Gasteiger partial charge in [-0.05, 0) is 40.9 Å². The second-order valence-electron chi connectivity index (χ2n) is 13.4. The predicted octanol–water partition coefficient (Wildman–Crippen LogP) is 5.67. The average molecular weight is 648 g/mol. The summed E-state index contributed by atoms with van der Waals surface area (Å²) >= 11 is 0. The molecule has 2 aliphatic heterocycles. The molecular formula is C35H40F3N5O2Si. The molecule has 0 spiro atoms. The van der Waals surface area contributed by atoms with Gasteiger partial charge in [0.2, 0.25) is 0 Å². The summed E-state index contributed by atoms with van der Waals surface area (Å²) in [5.41, 5.74) is 1.86. The van der Waals surface area contributed by atoms with Gasteiger partial charge in [0.1, 0.15) is 11.4 Å². The third kappa shape index (κ3) is 5.69. The van der Waals surface area contributed by atoms with Crippen molar-refractivity contribution in [3.8, 4) is 0 Å². The first kappa shape index (κ1) is 32.2. The summed E-state index contributed by atoms with van der Waals surface area (Å²) in [5.74, 6) is -0.195. The molecular weight excluding hydrogens is 607 g/mol. The van der Waals surface area contributed by atoms with Crippen LogP contribution in [0.1, 0.15) is 79.7 Å². The summed E-state index contributed by atoms with van der Waals surface area (Å²) in [7, 11) is -2.90. The van der Waals surface area contributed by atoms with Crippen LogP contribution in [0, 0.1) is 0 Å². The van der Waals surface area contributed by atoms with Gasteiger partial charge in [-0.1, -0.05) is 87.5 Å². The Bertz CT molecular complexity index is 1650. The number of amides is 1. The Morgan fingerprint density at radius 2 is 1.63 bits per heavy atom. The summed E-state index contributed by atoms with van der Waals surface area (Å²) in [6.45, 7) is 11.7. The minimum absolute atomic E-state index is 0.195. The molecule has 11 heteroatoms. The quantitative estimate of drug-likeness (QED) is 0.262. The molecule has 46 heavy (non-hydrogen) atoms. The lowest BCUT2D eigenvalue weighted by atomic mass is 9.99. The Kier molecular flexibility index (Phi) is 8.45. The van der Waals surface area contributed by atoms with Gasteiger partial charge < -0.3 is 14.6 Å². The molecule has 0 radical (unpaired) electrons. The van der Waals surface area contributed by atoms with Crippen LogP contribution < -0.4 is 15.7 Å². The average Bonchev–Trinajstić information content (AvgIpc) is 3.41. The zero-order valence-electron chi connectivity index (χ0n) is 26.8. The summed E-state index contributed by atoms with van der Waals surface area (Å²) < 4.78 is 49.0. The standard InChI is InChI=1S/C35H40F3N5O2Si/c1-23-18-30-29(20-39-23)32-33(44)42(24(2)25-16-17-31(40-19-25)35(36,37)38)21-26(43(32)41-30)22-45-46(34(3,4)5,27-12-8-6-9-13-27)28-14-10-7-11-15-28/h6-17,19,23-24,26,39H,18,20-22H2,1-5H3/t23-,24+,26+/m1/s1. The molecule has 0 fully saturated rings. The number of halogens is 3. The number of nitrogens with one attached hydrogen (secondary N) is 1. The van der Waals surface area contributed by atoms with Gasteiger partial charge >= 0.3 is 6.18 Å². The van der Waals surface area contributed by atoms with Crippen molar-refractivity contribution in [2.75, 3.05) is 13.2 Å². The topological polar surface area (TPSA) is 72.3 Å². The summed E-state index contributed by atoms with van der Waals surface area (Å²) in [5, 5.41) is 10.5. The zero-order valence-corrected chi connectivity index (χ0v) is 27.8. The van der Waals surface area contributed by atoms with E-state index in [-0.39, 0.29) is 29.6 Å². The number of carbonyl (C=O) groups is 1. The van der Waals surface area contributed by atoms with Gasteiger partial charge in [0.05, 0.1) is 24.4 Å². The Labute approximate surface area is 268 Å². The maximum absolute atomic E-state index is 14.2. The maximum Gasteiger partial charge on any atom is 0.433 e. The second-order valence-corrected chi connectivity index (χ2v) is 17.7. The molecule has 2 aromatic heterocycles. The molecule has 7 nitrogen and oxygen atoms in total. The van der Waals surface area contributed by atoms with Crippen molar-refractivity contribution >= 4 is 24.6 Å². The molecule has 4 aromatic rings. The van der Waals surface area contributed by atoms with Crippen LogP contribution in [0.5, 0.6) is 0 Å². The van der Waals surface area contributed by atoms with Gasteiger partial charge in [-0.2, -0.15) is 18.3 Å². The fourth-order valence-corrected chi connectivity index (χ4v) is 11.6. The summed E-state index contributed by atoms with van der Waals surface area (Å²) in [4.78, 5) is 19.6. The number of hydrogen-bond donors (Lipinski definition) is 1. The molecule has 0 saturated heterocycles. The van der Waals surface area contributed by atoms with Crippen LogP contribution in [-0.2, 0) is 23.6 Å². The molecule has 1 N–H and O–H groups in total. The fraction of sp³-hybridized carbons (Fsp3) is 0.400. The first-order chi connectivity index (χ1) is 21.8. The second kappa shape index (κ2) is 12.1. The van der Waals surface area contributed by atoms with Crippen LogP contribution in [-0.4, -0.2) is 53.1 Å². The van der Waals surface area contributed by atoms with Crippen molar-refractivity contribution in [1.29, 1.82) is 0 Å². The van der Waals surface area contributed by atoms with Crippen LogP contribution in [0.2, 0.25) is 5.04 Å². The molecule has 2 aromatic carbocycles. The number of carbonyl (C=O) groups excluding carboxylic acids is 1. The minimum Gasteiger partial charge on any atom is -0.405 e. The Morgan fingerprint density at radius 1 is 1.00 bits per heavy atom. The van der Waals surface area contributed by atoms with Crippen molar-refractivity contribution in [2.24, 2.45) is 0 Å². The number of pyridine rings is 1. The zero-order chi connectivity index (χ0) is 32.9. The van der Waals surface area contributed by atoms with Crippen LogP contribution in [0.4, 0.5) is 13.2 Å². The van der Waals surface area contributed by atoms with Crippen molar-refractivity contribution in [1.82, 2.24) is 25.0 Å². The van der Waals surface area contributed by atoms with Crippen LogP contribution >= 0.6 is 0 Å². The molecule has 2 aliphatic rings. The molecule has 0 bridgehead atoms. The number of alkyl halides is 3. The van der Waals surface area contributed by atoms with Crippen molar-refractivity contribution in [2.45, 2.75) is 76.9 Å². The number of nitrogens with zero attached hydrogens (tertiary/aromatic N) is 4. The molecule has 242 valence electrons. The molecule has 0 aliphatic carbocycles. The lowest BCUT2D eigenvalue weighted by molar-refractivity contribution is -0.141. The van der Waals surface area contributed by atoms with Crippen molar-refractivity contribution in [3.05, 3.63) is 107 Å². The first-order valence-electron chi connectivity index (χ1n) is 15.7. The van der Waals surface area contributed by atoms with E-state index < -0.39 is 26.2 Å². The molecule has 6 rings (SSSR count). The van der Waals surface area contributed by atoms with E-state index in [0.29, 0.717) is 30.8 Å². The van der Waals surface area contributed by atoms with E-state index in [0.717, 1.165) is 27.7 Å². The maximum atomic E-state index is 14.2. The van der Waals surface area contributed by atoms with Gasteiger partial charge in [0, 0.05) is 37.3 Å². The Morgan fingerprint density at radius 3 is 2.17 bits per heavy atom. The van der Waals surface area contributed by atoms with E-state index in [2.05, 4.69) is 62.3 Å². The third-order valence-corrected chi connectivity index (χ3v) is 14.4. The van der Waals surface area contributed by atoms with E-state index in [1.165, 1.54) is 12.3 Å². The lowest BCUT2D eigenvalue weighted by Gasteiger charge is -2.45. The van der Waals surface area contributed by atoms with Gasteiger partial charge in [-0.3, -0.25) is 14.5 Å². The molecule has 3 atom stereocenters. The van der Waals surface area contributed by atoms with Crippen LogP contribution in [0.25, 0.3) is 0 Å². The highest BCUT2D eigenvalue weighted by molar-refractivity contribution is 6.99.